The lowest BCUT2D eigenvalue weighted by molar-refractivity contribution is 0.330. The lowest BCUT2D eigenvalue weighted by Crippen LogP contribution is -2.30. The fourth-order valence-corrected chi connectivity index (χ4v) is 1.21. The molecule has 1 rings (SSSR count). The summed E-state index contributed by atoms with van der Waals surface area (Å²) < 4.78 is 5.09. The minimum atomic E-state index is 0.265. The first-order valence-corrected chi connectivity index (χ1v) is 4.68. The summed E-state index contributed by atoms with van der Waals surface area (Å²) in [6.45, 7) is 9.08. The average Bonchev–Trinajstić information content (AvgIpc) is 2.51. The minimum absolute atomic E-state index is 0.265. The molecule has 0 radical (unpaired) electrons. The molecule has 74 valence electrons. The van der Waals surface area contributed by atoms with Gasteiger partial charge in [-0.3, -0.25) is 0 Å². The molecular formula is C9H17N3O. The molecule has 0 saturated heterocycles. The SMILES string of the molecule is CCNC(C)C(C)c1nc(C)no1. The van der Waals surface area contributed by atoms with Crippen LogP contribution in [0.3, 0.4) is 0 Å². The second-order valence-corrected chi connectivity index (χ2v) is 3.31. The van der Waals surface area contributed by atoms with E-state index >= 15 is 0 Å². The van der Waals surface area contributed by atoms with Gasteiger partial charge in [0.2, 0.25) is 5.89 Å². The monoisotopic (exact) mass is 183 g/mol. The summed E-state index contributed by atoms with van der Waals surface area (Å²) >= 11 is 0. The normalized spacial score (nSPS) is 15.7. The summed E-state index contributed by atoms with van der Waals surface area (Å²) in [4.78, 5) is 4.20. The molecule has 4 heteroatoms. The van der Waals surface area contributed by atoms with Crippen molar-refractivity contribution in [3.05, 3.63) is 11.7 Å². The van der Waals surface area contributed by atoms with E-state index in [1.54, 1.807) is 0 Å². The molecule has 1 aromatic rings. The summed E-state index contributed by atoms with van der Waals surface area (Å²) in [6.07, 6.45) is 0. The van der Waals surface area contributed by atoms with Crippen molar-refractivity contribution >= 4 is 0 Å². The van der Waals surface area contributed by atoms with Gasteiger partial charge in [0.25, 0.3) is 0 Å². The molecule has 0 fully saturated rings. The van der Waals surface area contributed by atoms with Crippen LogP contribution in [0, 0.1) is 6.92 Å². The second-order valence-electron chi connectivity index (χ2n) is 3.31. The smallest absolute Gasteiger partial charge is 0.231 e. The van der Waals surface area contributed by atoms with E-state index in [0.717, 1.165) is 6.54 Å². The third kappa shape index (κ3) is 2.52. The molecule has 0 saturated carbocycles. The molecule has 0 amide bonds. The van der Waals surface area contributed by atoms with Gasteiger partial charge in [0.15, 0.2) is 5.82 Å². The van der Waals surface area contributed by atoms with Crippen molar-refractivity contribution in [1.82, 2.24) is 15.5 Å². The summed E-state index contributed by atoms with van der Waals surface area (Å²) in [7, 11) is 0. The lowest BCUT2D eigenvalue weighted by atomic mass is 10.0. The Kier molecular flexibility index (Phi) is 3.42. The largest absolute Gasteiger partial charge is 0.339 e. The Balaban J connectivity index is 2.61. The van der Waals surface area contributed by atoms with Crippen molar-refractivity contribution in [2.75, 3.05) is 6.54 Å². The number of aromatic nitrogens is 2. The highest BCUT2D eigenvalue weighted by molar-refractivity contribution is 4.95. The third-order valence-corrected chi connectivity index (χ3v) is 2.21. The highest BCUT2D eigenvalue weighted by Crippen LogP contribution is 2.16. The molecule has 1 aromatic heterocycles. The number of likely N-dealkylation sites (N-methyl/N-ethyl adjacent to an activating group) is 1. The summed E-state index contributed by atoms with van der Waals surface area (Å²) in [5.74, 6) is 1.68. The van der Waals surface area contributed by atoms with Gasteiger partial charge in [0.05, 0.1) is 5.92 Å². The van der Waals surface area contributed by atoms with E-state index < -0.39 is 0 Å². The van der Waals surface area contributed by atoms with Gasteiger partial charge in [-0.25, -0.2) is 0 Å². The Labute approximate surface area is 78.7 Å². The number of aryl methyl sites for hydroxylation is 1. The first kappa shape index (κ1) is 10.2. The first-order valence-electron chi connectivity index (χ1n) is 4.68. The predicted octanol–water partition coefficient (Wildman–Crippen LogP) is 1.48. The molecule has 0 aliphatic rings. The van der Waals surface area contributed by atoms with Gasteiger partial charge in [0, 0.05) is 6.04 Å². The quantitative estimate of drug-likeness (QED) is 0.768. The van der Waals surface area contributed by atoms with E-state index in [9.17, 15) is 0 Å². The molecule has 0 aromatic carbocycles. The standard InChI is InChI=1S/C9H17N3O/c1-5-10-7(3)6(2)9-11-8(4)12-13-9/h6-7,10H,5H2,1-4H3. The Morgan fingerprint density at radius 3 is 2.62 bits per heavy atom. The van der Waals surface area contributed by atoms with Crippen LogP contribution in [0.4, 0.5) is 0 Å². The number of hydrogen-bond acceptors (Lipinski definition) is 4. The highest BCUT2D eigenvalue weighted by atomic mass is 16.5. The maximum atomic E-state index is 5.09. The topological polar surface area (TPSA) is 51.0 Å². The predicted molar refractivity (Wildman–Crippen MR) is 50.6 cm³/mol. The lowest BCUT2D eigenvalue weighted by Gasteiger charge is -2.16. The van der Waals surface area contributed by atoms with Crippen molar-refractivity contribution < 1.29 is 4.52 Å². The zero-order valence-electron chi connectivity index (χ0n) is 8.66. The number of nitrogens with zero attached hydrogens (tertiary/aromatic N) is 2. The molecule has 2 unspecified atom stereocenters. The molecule has 0 bridgehead atoms. The van der Waals surface area contributed by atoms with Gasteiger partial charge >= 0.3 is 0 Å². The maximum absolute atomic E-state index is 5.09. The van der Waals surface area contributed by atoms with Gasteiger partial charge < -0.3 is 9.84 Å². The molecular weight excluding hydrogens is 166 g/mol. The molecule has 0 aliphatic carbocycles. The molecule has 0 aliphatic heterocycles. The maximum Gasteiger partial charge on any atom is 0.231 e. The van der Waals surface area contributed by atoms with E-state index in [1.807, 2.05) is 6.92 Å². The third-order valence-electron chi connectivity index (χ3n) is 2.21. The van der Waals surface area contributed by atoms with Crippen molar-refractivity contribution in [1.29, 1.82) is 0 Å². The number of hydrogen-bond donors (Lipinski definition) is 1. The van der Waals surface area contributed by atoms with Crippen LogP contribution >= 0.6 is 0 Å². The van der Waals surface area contributed by atoms with Crippen LogP contribution in [0.5, 0.6) is 0 Å². The van der Waals surface area contributed by atoms with Crippen molar-refractivity contribution in [3.63, 3.8) is 0 Å². The van der Waals surface area contributed by atoms with Crippen LogP contribution in [0.1, 0.15) is 38.4 Å². The van der Waals surface area contributed by atoms with E-state index in [1.165, 1.54) is 0 Å². The van der Waals surface area contributed by atoms with Gasteiger partial charge in [-0.05, 0) is 20.4 Å². The zero-order valence-corrected chi connectivity index (χ0v) is 8.66. The van der Waals surface area contributed by atoms with E-state index in [0.29, 0.717) is 17.8 Å². The molecule has 1 N–H and O–H groups in total. The first-order chi connectivity index (χ1) is 6.15. The average molecular weight is 183 g/mol. The fraction of sp³-hybridized carbons (Fsp3) is 0.778. The van der Waals surface area contributed by atoms with Crippen LogP contribution in [0.15, 0.2) is 4.52 Å². The summed E-state index contributed by atoms with van der Waals surface area (Å²) in [5, 5.41) is 7.09. The van der Waals surface area contributed by atoms with Crippen molar-refractivity contribution in [2.24, 2.45) is 0 Å². The van der Waals surface area contributed by atoms with Gasteiger partial charge in [-0.1, -0.05) is 19.0 Å². The Bertz CT molecular complexity index is 259. The van der Waals surface area contributed by atoms with Crippen LogP contribution in [-0.2, 0) is 0 Å². The van der Waals surface area contributed by atoms with Crippen LogP contribution in [-0.4, -0.2) is 22.7 Å². The Hall–Kier alpha value is -0.900. The molecule has 13 heavy (non-hydrogen) atoms. The summed E-state index contributed by atoms with van der Waals surface area (Å²) in [6, 6.07) is 0.366. The molecule has 0 spiro atoms. The number of nitrogens with one attached hydrogen (secondary N) is 1. The van der Waals surface area contributed by atoms with Gasteiger partial charge in [-0.2, -0.15) is 4.98 Å². The van der Waals surface area contributed by atoms with Crippen molar-refractivity contribution in [3.8, 4) is 0 Å². The fourth-order valence-electron chi connectivity index (χ4n) is 1.21. The van der Waals surface area contributed by atoms with E-state index in [2.05, 4.69) is 36.2 Å². The number of rotatable bonds is 4. The minimum Gasteiger partial charge on any atom is -0.339 e. The molecule has 4 nitrogen and oxygen atoms in total. The van der Waals surface area contributed by atoms with Gasteiger partial charge in [-0.15, -0.1) is 0 Å². The van der Waals surface area contributed by atoms with Crippen LogP contribution in [0.2, 0.25) is 0 Å². The van der Waals surface area contributed by atoms with Crippen LogP contribution in [0.25, 0.3) is 0 Å². The Morgan fingerprint density at radius 2 is 2.15 bits per heavy atom. The molecule has 2 atom stereocenters. The summed E-state index contributed by atoms with van der Waals surface area (Å²) in [5.41, 5.74) is 0. The van der Waals surface area contributed by atoms with Crippen molar-refractivity contribution in [2.45, 2.75) is 39.7 Å². The Morgan fingerprint density at radius 1 is 1.46 bits per heavy atom. The van der Waals surface area contributed by atoms with E-state index in [4.69, 9.17) is 4.52 Å². The van der Waals surface area contributed by atoms with Gasteiger partial charge in [0.1, 0.15) is 0 Å². The van der Waals surface area contributed by atoms with E-state index in [-0.39, 0.29) is 5.92 Å². The second kappa shape index (κ2) is 4.37. The van der Waals surface area contributed by atoms with Crippen LogP contribution < -0.4 is 5.32 Å². The zero-order chi connectivity index (χ0) is 9.84. The molecule has 1 heterocycles. The highest BCUT2D eigenvalue weighted by Gasteiger charge is 2.18.